The van der Waals surface area contributed by atoms with E-state index < -0.39 is 11.4 Å². The summed E-state index contributed by atoms with van der Waals surface area (Å²) in [6, 6.07) is 0.277. The van der Waals surface area contributed by atoms with Gasteiger partial charge in [-0.05, 0) is 26.2 Å². The van der Waals surface area contributed by atoms with Gasteiger partial charge in [0.2, 0.25) is 5.91 Å². The van der Waals surface area contributed by atoms with Gasteiger partial charge in [-0.2, -0.15) is 0 Å². The summed E-state index contributed by atoms with van der Waals surface area (Å²) in [6.45, 7) is 1.61. The number of carbonyl (C=O) groups excluding carboxylic acids is 1. The molecule has 1 unspecified atom stereocenters. The van der Waals surface area contributed by atoms with Crippen LogP contribution in [0.5, 0.6) is 0 Å². The highest BCUT2D eigenvalue weighted by atomic mass is 32.2. The molecule has 2 rings (SSSR count). The largest absolute Gasteiger partial charge is 0.368 e. The number of aromatic nitrogens is 3. The van der Waals surface area contributed by atoms with E-state index in [0.29, 0.717) is 17.3 Å². The van der Waals surface area contributed by atoms with Gasteiger partial charge in [-0.15, -0.1) is 5.10 Å². The van der Waals surface area contributed by atoms with Gasteiger partial charge in [0.05, 0.1) is 5.54 Å². The zero-order chi connectivity index (χ0) is 13.3. The third kappa shape index (κ3) is 2.75. The van der Waals surface area contributed by atoms with Gasteiger partial charge in [0.1, 0.15) is 0 Å². The minimum Gasteiger partial charge on any atom is -0.368 e. The molecule has 1 aromatic rings. The van der Waals surface area contributed by atoms with E-state index in [-0.39, 0.29) is 11.7 Å². The first-order valence-electron chi connectivity index (χ1n) is 5.80. The Balaban J connectivity index is 1.95. The van der Waals surface area contributed by atoms with E-state index >= 15 is 0 Å². The second-order valence-electron chi connectivity index (χ2n) is 4.79. The van der Waals surface area contributed by atoms with Crippen molar-refractivity contribution in [2.45, 2.75) is 42.9 Å². The molecule has 1 heterocycles. The molecule has 0 radical (unpaired) electrons. The van der Waals surface area contributed by atoms with Crippen molar-refractivity contribution in [3.05, 3.63) is 10.5 Å². The van der Waals surface area contributed by atoms with Gasteiger partial charge >= 0.3 is 5.69 Å². The van der Waals surface area contributed by atoms with Crippen LogP contribution in [-0.2, 0) is 4.79 Å². The summed E-state index contributed by atoms with van der Waals surface area (Å²) in [5.74, 6) is 0.0668. The van der Waals surface area contributed by atoms with Crippen LogP contribution in [0.2, 0.25) is 0 Å². The fraction of sp³-hybridized carbons (Fsp3) is 0.700. The lowest BCUT2D eigenvalue weighted by Gasteiger charge is -2.19. The molecule has 0 spiro atoms. The molecule has 0 aromatic carbocycles. The van der Waals surface area contributed by atoms with Crippen molar-refractivity contribution >= 4 is 17.7 Å². The number of rotatable bonds is 6. The molecule has 1 aliphatic carbocycles. The van der Waals surface area contributed by atoms with Gasteiger partial charge in [-0.3, -0.25) is 9.36 Å². The highest BCUT2D eigenvalue weighted by Gasteiger charge is 2.29. The summed E-state index contributed by atoms with van der Waals surface area (Å²) in [5, 5.41) is 7.07. The molecule has 18 heavy (non-hydrogen) atoms. The Kier molecular flexibility index (Phi) is 3.49. The molecule has 8 heteroatoms. The Morgan fingerprint density at radius 3 is 2.89 bits per heavy atom. The molecule has 0 aliphatic heterocycles. The predicted octanol–water partition coefficient (Wildman–Crippen LogP) is -0.409. The van der Waals surface area contributed by atoms with Crippen LogP contribution in [0.4, 0.5) is 0 Å². The van der Waals surface area contributed by atoms with Gasteiger partial charge in [0.25, 0.3) is 0 Å². The van der Waals surface area contributed by atoms with Crippen LogP contribution < -0.4 is 17.2 Å². The third-order valence-electron chi connectivity index (χ3n) is 3.00. The van der Waals surface area contributed by atoms with E-state index in [9.17, 15) is 9.59 Å². The molecule has 100 valence electrons. The number of H-pyrrole nitrogens is 1. The molecule has 1 amide bonds. The van der Waals surface area contributed by atoms with Crippen LogP contribution >= 0.6 is 11.8 Å². The molecule has 5 N–H and O–H groups in total. The number of primary amides is 1. The number of carbonyl (C=O) groups is 1. The van der Waals surface area contributed by atoms with E-state index in [2.05, 4.69) is 10.2 Å². The number of nitrogens with two attached hydrogens (primary N) is 2. The molecule has 1 atom stereocenters. The SMILES string of the molecule is CC(N)(CCSc1n[nH]c(=O)n1C1CC1)C(N)=O. The zero-order valence-electron chi connectivity index (χ0n) is 10.2. The highest BCUT2D eigenvalue weighted by Crippen LogP contribution is 2.36. The first-order valence-corrected chi connectivity index (χ1v) is 6.79. The van der Waals surface area contributed by atoms with Gasteiger partial charge in [0, 0.05) is 11.8 Å². The summed E-state index contributed by atoms with van der Waals surface area (Å²) < 4.78 is 1.67. The minimum atomic E-state index is -1.02. The van der Waals surface area contributed by atoms with Crippen LogP contribution in [0.1, 0.15) is 32.2 Å². The van der Waals surface area contributed by atoms with Crippen molar-refractivity contribution in [2.24, 2.45) is 11.5 Å². The molecule has 0 saturated heterocycles. The van der Waals surface area contributed by atoms with Gasteiger partial charge < -0.3 is 11.5 Å². The number of aromatic amines is 1. The maximum Gasteiger partial charge on any atom is 0.344 e. The van der Waals surface area contributed by atoms with E-state index in [1.807, 2.05) is 0 Å². The van der Waals surface area contributed by atoms with Crippen molar-refractivity contribution in [2.75, 3.05) is 5.75 Å². The van der Waals surface area contributed by atoms with E-state index in [4.69, 9.17) is 11.5 Å². The maximum atomic E-state index is 11.5. The monoisotopic (exact) mass is 271 g/mol. The Morgan fingerprint density at radius 1 is 1.67 bits per heavy atom. The van der Waals surface area contributed by atoms with E-state index in [0.717, 1.165) is 12.8 Å². The fourth-order valence-corrected chi connectivity index (χ4v) is 2.71. The van der Waals surface area contributed by atoms with Crippen LogP contribution in [0.3, 0.4) is 0 Å². The minimum absolute atomic E-state index is 0.176. The standard InChI is InChI=1S/C10H17N5O2S/c1-10(12,7(11)16)4-5-18-9-14-13-8(17)15(9)6-2-3-6/h6H,2-5,12H2,1H3,(H2,11,16)(H,13,17). The molecule has 7 nitrogen and oxygen atoms in total. The molecule has 1 saturated carbocycles. The number of hydrogen-bond acceptors (Lipinski definition) is 5. The van der Waals surface area contributed by atoms with Crippen molar-refractivity contribution in [1.82, 2.24) is 14.8 Å². The summed E-state index contributed by atoms with van der Waals surface area (Å²) in [5.41, 5.74) is 9.75. The Bertz CT molecular complexity index is 503. The average Bonchev–Trinajstić information content (AvgIpc) is 3.04. The van der Waals surface area contributed by atoms with Gasteiger partial charge in [0.15, 0.2) is 5.16 Å². The molecule has 0 bridgehead atoms. The maximum absolute atomic E-state index is 11.5. The van der Waals surface area contributed by atoms with E-state index in [1.54, 1.807) is 11.5 Å². The lowest BCUT2D eigenvalue weighted by molar-refractivity contribution is -0.122. The van der Waals surface area contributed by atoms with Crippen molar-refractivity contribution in [3.63, 3.8) is 0 Å². The first kappa shape index (κ1) is 13.2. The van der Waals surface area contributed by atoms with Crippen molar-refractivity contribution in [3.8, 4) is 0 Å². The number of nitrogens with one attached hydrogen (secondary N) is 1. The van der Waals surface area contributed by atoms with Gasteiger partial charge in [-0.1, -0.05) is 11.8 Å². The van der Waals surface area contributed by atoms with Crippen LogP contribution in [0, 0.1) is 0 Å². The van der Waals surface area contributed by atoms with E-state index in [1.165, 1.54) is 11.8 Å². The normalized spacial score (nSPS) is 18.6. The molecule has 1 fully saturated rings. The lowest BCUT2D eigenvalue weighted by Crippen LogP contribution is -2.49. The topological polar surface area (TPSA) is 120 Å². The Morgan fingerprint density at radius 2 is 2.33 bits per heavy atom. The predicted molar refractivity (Wildman–Crippen MR) is 68.2 cm³/mol. The molecular weight excluding hydrogens is 254 g/mol. The zero-order valence-corrected chi connectivity index (χ0v) is 11.0. The summed E-state index contributed by atoms with van der Waals surface area (Å²) in [6.07, 6.45) is 2.48. The number of thioether (sulfide) groups is 1. The molecule has 1 aromatic heterocycles. The van der Waals surface area contributed by atoms with Crippen LogP contribution in [0.25, 0.3) is 0 Å². The fourth-order valence-electron chi connectivity index (χ4n) is 1.52. The number of hydrogen-bond donors (Lipinski definition) is 3. The number of amides is 1. The van der Waals surface area contributed by atoms with Crippen molar-refractivity contribution < 1.29 is 4.79 Å². The summed E-state index contributed by atoms with van der Waals surface area (Å²) >= 11 is 1.41. The quantitative estimate of drug-likeness (QED) is 0.608. The highest BCUT2D eigenvalue weighted by molar-refractivity contribution is 7.99. The van der Waals surface area contributed by atoms with Crippen LogP contribution in [0.15, 0.2) is 9.95 Å². The Labute approximate surface area is 108 Å². The van der Waals surface area contributed by atoms with Crippen molar-refractivity contribution in [1.29, 1.82) is 0 Å². The molecule has 1 aliphatic rings. The smallest absolute Gasteiger partial charge is 0.344 e. The summed E-state index contributed by atoms with van der Waals surface area (Å²) in [7, 11) is 0. The second-order valence-corrected chi connectivity index (χ2v) is 5.85. The van der Waals surface area contributed by atoms with Gasteiger partial charge in [-0.25, -0.2) is 9.89 Å². The Hall–Kier alpha value is -1.28. The average molecular weight is 271 g/mol. The lowest BCUT2D eigenvalue weighted by atomic mass is 10.0. The van der Waals surface area contributed by atoms with Crippen LogP contribution in [-0.4, -0.2) is 32.0 Å². The number of nitrogens with zero attached hydrogens (tertiary/aromatic N) is 2. The second kappa shape index (κ2) is 4.77. The third-order valence-corrected chi connectivity index (χ3v) is 3.95. The summed E-state index contributed by atoms with van der Waals surface area (Å²) in [4.78, 5) is 22.6. The first-order chi connectivity index (χ1) is 8.42. The molecular formula is C10H17N5O2S.